The van der Waals surface area contributed by atoms with Gasteiger partial charge in [-0.05, 0) is 111 Å². The fourth-order valence-corrected chi connectivity index (χ4v) is 8.52. The van der Waals surface area contributed by atoms with Gasteiger partial charge in [-0.25, -0.2) is 0 Å². The first-order chi connectivity index (χ1) is 24.3. The van der Waals surface area contributed by atoms with E-state index in [1.54, 1.807) is 0 Å². The molecular weight excluding hydrogens is 593 g/mol. The van der Waals surface area contributed by atoms with Crippen molar-refractivity contribution in [2.75, 3.05) is 0 Å². The van der Waals surface area contributed by atoms with E-state index in [2.05, 4.69) is 170 Å². The lowest BCUT2D eigenvalue weighted by molar-refractivity contribution is 0.669. The van der Waals surface area contributed by atoms with Crippen LogP contribution in [-0.4, -0.2) is 0 Å². The van der Waals surface area contributed by atoms with Gasteiger partial charge < -0.3 is 4.42 Å². The second-order valence-corrected chi connectivity index (χ2v) is 13.2. The van der Waals surface area contributed by atoms with Crippen LogP contribution in [0.5, 0.6) is 0 Å². The van der Waals surface area contributed by atoms with Gasteiger partial charge >= 0.3 is 0 Å². The van der Waals surface area contributed by atoms with Crippen molar-refractivity contribution in [3.8, 4) is 22.3 Å². The summed E-state index contributed by atoms with van der Waals surface area (Å²) in [6.45, 7) is 0. The Kier molecular flexibility index (Phi) is 5.45. The summed E-state index contributed by atoms with van der Waals surface area (Å²) in [4.78, 5) is 0. The summed E-state index contributed by atoms with van der Waals surface area (Å²) in [5.41, 5.74) is 6.73. The van der Waals surface area contributed by atoms with Gasteiger partial charge in [-0.3, -0.25) is 0 Å². The normalized spacial score (nSPS) is 12.1. The molecule has 0 atom stereocenters. The van der Waals surface area contributed by atoms with Crippen LogP contribution in [0.3, 0.4) is 0 Å². The molecule has 0 fully saturated rings. The second kappa shape index (κ2) is 10.0. The van der Waals surface area contributed by atoms with Gasteiger partial charge in [0.2, 0.25) is 0 Å². The highest BCUT2D eigenvalue weighted by Crippen LogP contribution is 2.46. The van der Waals surface area contributed by atoms with Crippen molar-refractivity contribution < 1.29 is 4.42 Å². The molecule has 0 unspecified atom stereocenters. The predicted octanol–water partition coefficient (Wildman–Crippen LogP) is 13.8. The molecule has 0 radical (unpaired) electrons. The topological polar surface area (TPSA) is 13.1 Å². The van der Waals surface area contributed by atoms with Crippen molar-refractivity contribution in [3.05, 3.63) is 170 Å². The van der Waals surface area contributed by atoms with Gasteiger partial charge in [0, 0.05) is 10.8 Å². The molecule has 0 bridgehead atoms. The van der Waals surface area contributed by atoms with E-state index in [9.17, 15) is 0 Å². The van der Waals surface area contributed by atoms with Crippen molar-refractivity contribution in [1.29, 1.82) is 0 Å². The highest BCUT2D eigenvalue weighted by Gasteiger charge is 2.19. The Morgan fingerprint density at radius 2 is 0.694 bits per heavy atom. The average molecular weight is 621 g/mol. The Morgan fingerprint density at radius 1 is 0.265 bits per heavy atom. The fourth-order valence-electron chi connectivity index (χ4n) is 8.52. The molecular formula is C48H28O. The van der Waals surface area contributed by atoms with Crippen molar-refractivity contribution in [2.45, 2.75) is 0 Å². The van der Waals surface area contributed by atoms with Gasteiger partial charge in [-0.15, -0.1) is 0 Å². The van der Waals surface area contributed by atoms with Crippen LogP contribution in [0, 0.1) is 0 Å². The Bertz CT molecular complexity index is 3070. The van der Waals surface area contributed by atoms with Crippen LogP contribution in [0.2, 0.25) is 0 Å². The molecule has 0 saturated heterocycles. The average Bonchev–Trinajstić information content (AvgIpc) is 3.55. The van der Waals surface area contributed by atoms with Crippen LogP contribution in [0.25, 0.3) is 109 Å². The maximum atomic E-state index is 6.55. The lowest BCUT2D eigenvalue weighted by Gasteiger charge is -2.18. The zero-order valence-corrected chi connectivity index (χ0v) is 26.6. The molecule has 11 aromatic rings. The summed E-state index contributed by atoms with van der Waals surface area (Å²) in [6, 6.07) is 62.1. The van der Waals surface area contributed by atoms with E-state index in [1.165, 1.54) is 86.7 Å². The van der Waals surface area contributed by atoms with Gasteiger partial charge in [0.25, 0.3) is 0 Å². The van der Waals surface area contributed by atoms with Gasteiger partial charge in [-0.1, -0.05) is 146 Å². The minimum Gasteiger partial charge on any atom is -0.456 e. The first-order valence-electron chi connectivity index (χ1n) is 16.9. The smallest absolute Gasteiger partial charge is 0.136 e. The largest absolute Gasteiger partial charge is 0.456 e. The maximum absolute atomic E-state index is 6.55. The molecule has 0 aliphatic carbocycles. The number of hydrogen-bond donors (Lipinski definition) is 0. The van der Waals surface area contributed by atoms with Crippen LogP contribution in [0.1, 0.15) is 0 Å². The molecule has 226 valence electrons. The van der Waals surface area contributed by atoms with Crippen LogP contribution >= 0.6 is 0 Å². The Hall–Kier alpha value is -6.44. The van der Waals surface area contributed by atoms with Crippen molar-refractivity contribution in [2.24, 2.45) is 0 Å². The highest BCUT2D eigenvalue weighted by atomic mass is 16.3. The second-order valence-electron chi connectivity index (χ2n) is 13.2. The molecule has 1 heterocycles. The summed E-state index contributed by atoms with van der Waals surface area (Å²) in [5.74, 6) is 0. The molecule has 0 spiro atoms. The number of furan rings is 1. The molecule has 1 nitrogen and oxygen atoms in total. The summed E-state index contributed by atoms with van der Waals surface area (Å²) in [7, 11) is 0. The number of hydrogen-bond acceptors (Lipinski definition) is 1. The van der Waals surface area contributed by atoms with Crippen molar-refractivity contribution in [3.63, 3.8) is 0 Å². The lowest BCUT2D eigenvalue weighted by atomic mass is 9.85. The SMILES string of the molecule is c1ccc2c(c1)ccc1oc3cc(-c4c5ccccc5c(-c5ccc6c7ccccc7c7ccccc7c6c5)c5ccccc45)ccc3c12. The number of rotatable bonds is 2. The highest BCUT2D eigenvalue weighted by molar-refractivity contribution is 6.27. The van der Waals surface area contributed by atoms with Gasteiger partial charge in [0.05, 0.1) is 0 Å². The molecule has 49 heavy (non-hydrogen) atoms. The summed E-state index contributed by atoms with van der Waals surface area (Å²) in [6.07, 6.45) is 0. The van der Waals surface area contributed by atoms with Crippen LogP contribution in [0.15, 0.2) is 174 Å². The minimum absolute atomic E-state index is 0.912. The summed E-state index contributed by atoms with van der Waals surface area (Å²) in [5, 5.41) is 17.5. The van der Waals surface area contributed by atoms with E-state index in [4.69, 9.17) is 4.42 Å². The fraction of sp³-hybridized carbons (Fsp3) is 0. The quantitative estimate of drug-likeness (QED) is 0.138. The van der Waals surface area contributed by atoms with E-state index in [0.29, 0.717) is 0 Å². The van der Waals surface area contributed by atoms with E-state index in [0.717, 1.165) is 22.1 Å². The molecule has 0 saturated carbocycles. The molecule has 0 aliphatic heterocycles. The molecule has 10 aromatic carbocycles. The van der Waals surface area contributed by atoms with Gasteiger partial charge in [-0.2, -0.15) is 0 Å². The van der Waals surface area contributed by atoms with Crippen LogP contribution < -0.4 is 0 Å². The molecule has 0 amide bonds. The first kappa shape index (κ1) is 26.6. The summed E-state index contributed by atoms with van der Waals surface area (Å²) < 4.78 is 6.55. The standard InChI is InChI=1S/C48H28O/c1-2-12-32-29(11-1)23-26-44-48(32)42-25-22-31(28-45(42)49-44)47-40-19-9-7-17-38(40)46(39-18-8-10-20-41(39)47)30-21-24-37-35-15-4-3-13-33(35)34-14-5-6-16-36(34)43(37)27-30/h1-28H. The number of benzene rings is 10. The van der Waals surface area contributed by atoms with E-state index >= 15 is 0 Å². The third-order valence-corrected chi connectivity index (χ3v) is 10.6. The van der Waals surface area contributed by atoms with E-state index in [1.807, 2.05) is 0 Å². The third kappa shape index (κ3) is 3.76. The molecule has 1 heteroatoms. The third-order valence-electron chi connectivity index (χ3n) is 10.6. The molecule has 1 aromatic heterocycles. The van der Waals surface area contributed by atoms with E-state index in [-0.39, 0.29) is 0 Å². The number of fused-ring (bicyclic) bond motifs is 13. The van der Waals surface area contributed by atoms with Crippen LogP contribution in [0.4, 0.5) is 0 Å². The maximum Gasteiger partial charge on any atom is 0.136 e. The van der Waals surface area contributed by atoms with Gasteiger partial charge in [0.15, 0.2) is 0 Å². The summed E-state index contributed by atoms with van der Waals surface area (Å²) >= 11 is 0. The van der Waals surface area contributed by atoms with Gasteiger partial charge in [0.1, 0.15) is 11.2 Å². The molecule has 11 rings (SSSR count). The zero-order valence-electron chi connectivity index (χ0n) is 26.6. The lowest BCUT2D eigenvalue weighted by Crippen LogP contribution is -1.91. The first-order valence-corrected chi connectivity index (χ1v) is 16.9. The Labute approximate surface area is 282 Å². The zero-order chi connectivity index (χ0) is 32.1. The van der Waals surface area contributed by atoms with Crippen LogP contribution in [-0.2, 0) is 0 Å². The van der Waals surface area contributed by atoms with Crippen molar-refractivity contribution >= 4 is 86.6 Å². The Balaban J connectivity index is 1.20. The van der Waals surface area contributed by atoms with E-state index < -0.39 is 0 Å². The van der Waals surface area contributed by atoms with Crippen molar-refractivity contribution in [1.82, 2.24) is 0 Å². The molecule has 0 N–H and O–H groups in total. The molecule has 0 aliphatic rings. The monoisotopic (exact) mass is 620 g/mol. The Morgan fingerprint density at radius 3 is 1.27 bits per heavy atom. The predicted molar refractivity (Wildman–Crippen MR) is 210 cm³/mol. The minimum atomic E-state index is 0.912.